The van der Waals surface area contributed by atoms with E-state index in [-0.39, 0.29) is 23.3 Å². The number of aromatic nitrogens is 2. The molecule has 0 saturated heterocycles. The Bertz CT molecular complexity index is 902. The molecule has 29 heavy (non-hydrogen) atoms. The molecular formula is C18H24F2N4O4S. The third kappa shape index (κ3) is 5.30. The Morgan fingerprint density at radius 1 is 1.07 bits per heavy atom. The van der Waals surface area contributed by atoms with E-state index in [9.17, 15) is 17.2 Å². The summed E-state index contributed by atoms with van der Waals surface area (Å²) in [6, 6.07) is 7.17. The summed E-state index contributed by atoms with van der Waals surface area (Å²) < 4.78 is 61.8. The maximum Gasteiger partial charge on any atom is 0.355 e. The van der Waals surface area contributed by atoms with Crippen LogP contribution in [0.4, 0.5) is 14.5 Å². The third-order valence-corrected chi connectivity index (χ3v) is 5.25. The van der Waals surface area contributed by atoms with Gasteiger partial charge in [-0.2, -0.15) is 18.7 Å². The van der Waals surface area contributed by atoms with E-state index in [0.717, 1.165) is 0 Å². The van der Waals surface area contributed by atoms with Gasteiger partial charge in [0.1, 0.15) is 0 Å². The quantitative estimate of drug-likeness (QED) is 0.619. The van der Waals surface area contributed by atoms with Crippen molar-refractivity contribution < 1.29 is 26.7 Å². The molecule has 0 bridgehead atoms. The van der Waals surface area contributed by atoms with E-state index in [1.54, 1.807) is 18.2 Å². The zero-order valence-corrected chi connectivity index (χ0v) is 17.4. The van der Waals surface area contributed by atoms with Crippen molar-refractivity contribution in [1.82, 2.24) is 14.9 Å². The van der Waals surface area contributed by atoms with Crippen LogP contribution in [0.5, 0.6) is 11.8 Å². The third-order valence-electron chi connectivity index (χ3n) is 4.28. The lowest BCUT2D eigenvalue weighted by Crippen LogP contribution is -2.32. The number of nitrogens with one attached hydrogen (secondary N) is 1. The summed E-state index contributed by atoms with van der Waals surface area (Å²) in [7, 11) is -1.95. The second-order valence-electron chi connectivity index (χ2n) is 5.93. The molecule has 0 spiro atoms. The van der Waals surface area contributed by atoms with E-state index in [1.807, 2.05) is 23.5 Å². The van der Waals surface area contributed by atoms with Crippen molar-refractivity contribution in [2.45, 2.75) is 25.6 Å². The molecule has 0 amide bonds. The first kappa shape index (κ1) is 22.8. The number of sulfonamides is 1. The average Bonchev–Trinajstić information content (AvgIpc) is 2.71. The molecule has 0 fully saturated rings. The van der Waals surface area contributed by atoms with Gasteiger partial charge in [-0.15, -0.1) is 0 Å². The molecule has 1 heterocycles. The number of ether oxygens (including phenoxy) is 2. The highest BCUT2D eigenvalue weighted by Crippen LogP contribution is 2.34. The van der Waals surface area contributed by atoms with Gasteiger partial charge in [0.15, 0.2) is 5.82 Å². The summed E-state index contributed by atoms with van der Waals surface area (Å²) >= 11 is 0. The smallest absolute Gasteiger partial charge is 0.355 e. The van der Waals surface area contributed by atoms with Gasteiger partial charge in [-0.1, -0.05) is 32.0 Å². The molecule has 0 aliphatic rings. The Labute approximate surface area is 168 Å². The Balaban J connectivity index is 2.67. The molecule has 1 atom stereocenters. The van der Waals surface area contributed by atoms with Gasteiger partial charge in [0, 0.05) is 5.56 Å². The summed E-state index contributed by atoms with van der Waals surface area (Å²) in [6.07, 6.45) is 0. The Hall–Kier alpha value is -2.53. The van der Waals surface area contributed by atoms with Crippen molar-refractivity contribution in [3.8, 4) is 11.8 Å². The maximum absolute atomic E-state index is 12.9. The number of benzene rings is 1. The SMILES string of the molecule is CCN(CC)C(c1nc(OC)cc(OC)n1)c1ccccc1NS(=O)(=O)C(F)F. The second kappa shape index (κ2) is 9.79. The fraction of sp³-hybridized carbons (Fsp3) is 0.444. The zero-order valence-electron chi connectivity index (χ0n) is 16.6. The molecule has 0 saturated carbocycles. The molecule has 11 heteroatoms. The predicted molar refractivity (Wildman–Crippen MR) is 105 cm³/mol. The lowest BCUT2D eigenvalue weighted by atomic mass is 10.0. The molecule has 1 aromatic carbocycles. The average molecular weight is 430 g/mol. The lowest BCUT2D eigenvalue weighted by Gasteiger charge is -2.30. The van der Waals surface area contributed by atoms with Crippen molar-refractivity contribution in [1.29, 1.82) is 0 Å². The van der Waals surface area contributed by atoms with Crippen LogP contribution in [0.1, 0.15) is 31.3 Å². The van der Waals surface area contributed by atoms with Gasteiger partial charge < -0.3 is 9.47 Å². The highest BCUT2D eigenvalue weighted by molar-refractivity contribution is 7.93. The minimum Gasteiger partial charge on any atom is -0.481 e. The largest absolute Gasteiger partial charge is 0.481 e. The number of rotatable bonds is 10. The van der Waals surface area contributed by atoms with Crippen molar-refractivity contribution in [3.05, 3.63) is 41.7 Å². The van der Waals surface area contributed by atoms with Gasteiger partial charge in [0.25, 0.3) is 10.0 Å². The monoisotopic (exact) mass is 430 g/mol. The Morgan fingerprint density at radius 2 is 1.62 bits per heavy atom. The van der Waals surface area contributed by atoms with E-state index in [2.05, 4.69) is 9.97 Å². The normalized spacial score (nSPS) is 12.8. The zero-order chi connectivity index (χ0) is 21.6. The number of methoxy groups -OCH3 is 2. The van der Waals surface area contributed by atoms with Crippen LogP contribution in [0.3, 0.4) is 0 Å². The predicted octanol–water partition coefficient (Wildman–Crippen LogP) is 2.89. The van der Waals surface area contributed by atoms with Crippen LogP contribution < -0.4 is 14.2 Å². The number of anilines is 1. The summed E-state index contributed by atoms with van der Waals surface area (Å²) in [5, 5.41) is 0. The summed E-state index contributed by atoms with van der Waals surface area (Å²) in [6.45, 7) is 4.97. The lowest BCUT2D eigenvalue weighted by molar-refractivity contribution is 0.235. The van der Waals surface area contributed by atoms with Crippen LogP contribution in [0, 0.1) is 0 Å². The van der Waals surface area contributed by atoms with Gasteiger partial charge in [-0.05, 0) is 19.2 Å². The van der Waals surface area contributed by atoms with Crippen molar-refractivity contribution in [3.63, 3.8) is 0 Å². The van der Waals surface area contributed by atoms with Crippen LogP contribution in [0.2, 0.25) is 0 Å². The molecule has 8 nitrogen and oxygen atoms in total. The highest BCUT2D eigenvalue weighted by atomic mass is 32.2. The Kier molecular flexibility index (Phi) is 7.68. The molecule has 1 aromatic heterocycles. The molecular weight excluding hydrogens is 406 g/mol. The number of nitrogens with zero attached hydrogens (tertiary/aromatic N) is 3. The van der Waals surface area contributed by atoms with E-state index < -0.39 is 21.8 Å². The number of hydrogen-bond donors (Lipinski definition) is 1. The van der Waals surface area contributed by atoms with Gasteiger partial charge in [0.05, 0.1) is 32.0 Å². The van der Waals surface area contributed by atoms with Crippen LogP contribution in [-0.4, -0.2) is 56.4 Å². The fourth-order valence-electron chi connectivity index (χ4n) is 2.87. The van der Waals surface area contributed by atoms with E-state index in [1.165, 1.54) is 26.4 Å². The molecule has 0 radical (unpaired) electrons. The first-order valence-corrected chi connectivity index (χ1v) is 10.4. The Morgan fingerprint density at radius 3 is 2.10 bits per heavy atom. The summed E-state index contributed by atoms with van der Waals surface area (Å²) in [4.78, 5) is 10.7. The first-order valence-electron chi connectivity index (χ1n) is 8.87. The summed E-state index contributed by atoms with van der Waals surface area (Å²) in [5.74, 6) is -2.76. The minimum atomic E-state index is -4.85. The van der Waals surface area contributed by atoms with Gasteiger partial charge in [-0.25, -0.2) is 8.42 Å². The number of alkyl halides is 2. The highest BCUT2D eigenvalue weighted by Gasteiger charge is 2.30. The van der Waals surface area contributed by atoms with E-state index in [4.69, 9.17) is 9.47 Å². The number of para-hydroxylation sites is 1. The molecule has 2 rings (SSSR count). The maximum atomic E-state index is 12.9. The van der Waals surface area contributed by atoms with Crippen molar-refractivity contribution in [2.75, 3.05) is 32.0 Å². The number of hydrogen-bond acceptors (Lipinski definition) is 7. The molecule has 1 unspecified atom stereocenters. The van der Waals surface area contributed by atoms with Crippen LogP contribution in [0.25, 0.3) is 0 Å². The molecule has 0 aliphatic carbocycles. The second-order valence-corrected chi connectivity index (χ2v) is 7.58. The number of halogens is 2. The molecule has 0 aliphatic heterocycles. The molecule has 160 valence electrons. The topological polar surface area (TPSA) is 93.7 Å². The minimum absolute atomic E-state index is 0.0232. The van der Waals surface area contributed by atoms with E-state index in [0.29, 0.717) is 18.7 Å². The van der Waals surface area contributed by atoms with Gasteiger partial charge in [-0.3, -0.25) is 9.62 Å². The standard InChI is InChI=1S/C18H24F2N4O4S/c1-5-24(6-2)16(17-21-14(27-3)11-15(22-17)28-4)12-9-7-8-10-13(12)23-29(25,26)18(19)20/h7-11,16,18,23H,5-6H2,1-4H3. The molecule has 1 N–H and O–H groups in total. The van der Waals surface area contributed by atoms with Crippen LogP contribution in [0.15, 0.2) is 30.3 Å². The van der Waals surface area contributed by atoms with E-state index >= 15 is 0 Å². The van der Waals surface area contributed by atoms with Crippen LogP contribution in [-0.2, 0) is 10.0 Å². The van der Waals surface area contributed by atoms with Crippen LogP contribution >= 0.6 is 0 Å². The van der Waals surface area contributed by atoms with Gasteiger partial charge >= 0.3 is 5.76 Å². The van der Waals surface area contributed by atoms with Crippen molar-refractivity contribution in [2.24, 2.45) is 0 Å². The fourth-order valence-corrected chi connectivity index (χ4v) is 3.45. The first-order chi connectivity index (χ1) is 13.8. The van der Waals surface area contributed by atoms with Crippen molar-refractivity contribution >= 4 is 15.7 Å². The molecule has 2 aromatic rings. The van der Waals surface area contributed by atoms with Gasteiger partial charge in [0.2, 0.25) is 11.8 Å². The summed E-state index contributed by atoms with van der Waals surface area (Å²) in [5.41, 5.74) is 0.450.